The van der Waals surface area contributed by atoms with Gasteiger partial charge >= 0.3 is 11.9 Å². The van der Waals surface area contributed by atoms with Gasteiger partial charge in [0.25, 0.3) is 0 Å². The molecule has 0 aromatic rings. The number of carbonyl (C=O) groups is 2. The molecule has 5 nitrogen and oxygen atoms in total. The van der Waals surface area contributed by atoms with E-state index in [4.69, 9.17) is 10.2 Å². The first-order valence-electron chi connectivity index (χ1n) is 8.91. The second kappa shape index (κ2) is 18.7. The van der Waals surface area contributed by atoms with Gasteiger partial charge < -0.3 is 10.2 Å². The third-order valence-corrected chi connectivity index (χ3v) is 3.47. The highest BCUT2D eigenvalue weighted by atomic mass is 16.4. The van der Waals surface area contributed by atoms with Crippen molar-refractivity contribution in [2.24, 2.45) is 4.99 Å². The molecular weight excluding hydrogens is 294 g/mol. The average molecular weight is 329 g/mol. The zero-order valence-corrected chi connectivity index (χ0v) is 15.1. The number of aliphatic carboxylic acids is 2. The van der Waals surface area contributed by atoms with Crippen molar-refractivity contribution in [3.05, 3.63) is 0 Å². The molecule has 0 aliphatic carbocycles. The molecule has 0 aromatic carbocycles. The molecule has 0 fully saturated rings. The van der Waals surface area contributed by atoms with E-state index in [1.165, 1.54) is 57.8 Å². The van der Waals surface area contributed by atoms with Crippen LogP contribution in [0.25, 0.3) is 0 Å². The third kappa shape index (κ3) is 23.0. The van der Waals surface area contributed by atoms with Crippen LogP contribution in [0.4, 0.5) is 0 Å². The standard InChI is InChI=1S/C15H29NO2.C3H6O2/c1-3-4-5-6-7-8-9-10-11-12-13-16-14(2)15(17)18;1-2-3(4)5/h3-13H2,1-2H3,(H,17,18);2H2,1H3,(H,4,5). The maximum atomic E-state index is 10.5. The minimum Gasteiger partial charge on any atom is -0.481 e. The Kier molecular flexibility index (Phi) is 19.4. The van der Waals surface area contributed by atoms with Gasteiger partial charge in [-0.25, -0.2) is 4.79 Å². The van der Waals surface area contributed by atoms with Crippen molar-refractivity contribution in [1.29, 1.82) is 0 Å². The summed E-state index contributed by atoms with van der Waals surface area (Å²) in [5.74, 6) is -1.65. The molecule has 0 unspecified atom stereocenters. The summed E-state index contributed by atoms with van der Waals surface area (Å²) in [6.07, 6.45) is 13.2. The van der Waals surface area contributed by atoms with E-state index in [1.54, 1.807) is 13.8 Å². The van der Waals surface area contributed by atoms with E-state index in [9.17, 15) is 9.59 Å². The molecule has 0 heterocycles. The van der Waals surface area contributed by atoms with Crippen molar-refractivity contribution in [1.82, 2.24) is 0 Å². The lowest BCUT2D eigenvalue weighted by molar-refractivity contribution is -0.136. The molecule has 23 heavy (non-hydrogen) atoms. The number of hydrogen-bond donors (Lipinski definition) is 2. The van der Waals surface area contributed by atoms with Gasteiger partial charge in [0.2, 0.25) is 0 Å². The molecule has 0 aromatic heterocycles. The number of carboxylic acids is 2. The molecule has 2 N–H and O–H groups in total. The van der Waals surface area contributed by atoms with Gasteiger partial charge in [-0.1, -0.05) is 71.6 Å². The monoisotopic (exact) mass is 329 g/mol. The van der Waals surface area contributed by atoms with E-state index in [2.05, 4.69) is 11.9 Å². The van der Waals surface area contributed by atoms with E-state index in [-0.39, 0.29) is 12.1 Å². The molecule has 0 spiro atoms. The first kappa shape index (κ1) is 23.9. The molecule has 0 saturated carbocycles. The molecule has 0 aliphatic rings. The van der Waals surface area contributed by atoms with Crippen LogP contribution in [0.2, 0.25) is 0 Å². The summed E-state index contributed by atoms with van der Waals surface area (Å²) in [6.45, 7) is 6.06. The average Bonchev–Trinajstić information content (AvgIpc) is 2.52. The lowest BCUT2D eigenvalue weighted by atomic mass is 10.1. The number of nitrogens with zero attached hydrogens (tertiary/aromatic N) is 1. The summed E-state index contributed by atoms with van der Waals surface area (Å²) in [7, 11) is 0. The first-order valence-corrected chi connectivity index (χ1v) is 8.91. The molecule has 0 aliphatic heterocycles. The van der Waals surface area contributed by atoms with Gasteiger partial charge in [-0.05, 0) is 13.3 Å². The number of rotatable bonds is 13. The van der Waals surface area contributed by atoms with Crippen molar-refractivity contribution in [3.63, 3.8) is 0 Å². The van der Waals surface area contributed by atoms with Gasteiger partial charge in [-0.2, -0.15) is 0 Å². The van der Waals surface area contributed by atoms with E-state index in [0.29, 0.717) is 6.54 Å². The largest absolute Gasteiger partial charge is 0.481 e. The smallest absolute Gasteiger partial charge is 0.349 e. The number of aliphatic imine (C=N–C) groups is 1. The van der Waals surface area contributed by atoms with Crippen LogP contribution < -0.4 is 0 Å². The molecule has 5 heteroatoms. The number of carboxylic acid groups (broad SMARTS) is 2. The van der Waals surface area contributed by atoms with Crippen molar-refractivity contribution in [2.45, 2.75) is 91.4 Å². The second-order valence-electron chi connectivity index (χ2n) is 5.70. The Balaban J connectivity index is 0. The Bertz CT molecular complexity index is 327. The fraction of sp³-hybridized carbons (Fsp3) is 0.833. The number of unbranched alkanes of at least 4 members (excludes halogenated alkanes) is 9. The third-order valence-electron chi connectivity index (χ3n) is 3.47. The minimum absolute atomic E-state index is 0.222. The van der Waals surface area contributed by atoms with Crippen molar-refractivity contribution in [2.75, 3.05) is 6.54 Å². The van der Waals surface area contributed by atoms with Gasteiger partial charge in [0.15, 0.2) is 0 Å². The summed E-state index contributed by atoms with van der Waals surface area (Å²) in [4.78, 5) is 23.9. The predicted molar refractivity (Wildman–Crippen MR) is 95.4 cm³/mol. The zero-order valence-electron chi connectivity index (χ0n) is 15.1. The number of hydrogen-bond acceptors (Lipinski definition) is 3. The van der Waals surface area contributed by atoms with E-state index < -0.39 is 11.9 Å². The van der Waals surface area contributed by atoms with E-state index in [0.717, 1.165) is 6.42 Å². The van der Waals surface area contributed by atoms with Crippen molar-refractivity contribution in [3.8, 4) is 0 Å². The van der Waals surface area contributed by atoms with Crippen LogP contribution in [0.1, 0.15) is 91.4 Å². The molecule has 0 bridgehead atoms. The second-order valence-corrected chi connectivity index (χ2v) is 5.70. The maximum Gasteiger partial charge on any atom is 0.349 e. The van der Waals surface area contributed by atoms with Gasteiger partial charge in [-0.3, -0.25) is 9.79 Å². The highest BCUT2D eigenvalue weighted by Crippen LogP contribution is 2.10. The van der Waals surface area contributed by atoms with Crippen molar-refractivity contribution >= 4 is 17.7 Å². The van der Waals surface area contributed by atoms with Crippen molar-refractivity contribution < 1.29 is 19.8 Å². The Hall–Kier alpha value is -1.39. The highest BCUT2D eigenvalue weighted by Gasteiger charge is 1.99. The Morgan fingerprint density at radius 1 is 0.783 bits per heavy atom. The zero-order chi connectivity index (χ0) is 17.9. The Labute approximate surface area is 141 Å². The Morgan fingerprint density at radius 2 is 1.17 bits per heavy atom. The molecule has 0 atom stereocenters. The predicted octanol–water partition coefficient (Wildman–Crippen LogP) is 4.93. The van der Waals surface area contributed by atoms with Gasteiger partial charge in [0.1, 0.15) is 5.71 Å². The lowest BCUT2D eigenvalue weighted by Crippen LogP contribution is -2.08. The Morgan fingerprint density at radius 3 is 1.52 bits per heavy atom. The first-order chi connectivity index (χ1) is 11.0. The van der Waals surface area contributed by atoms with Gasteiger partial charge in [0, 0.05) is 13.0 Å². The van der Waals surface area contributed by atoms with Crippen LogP contribution in [-0.2, 0) is 9.59 Å². The fourth-order valence-electron chi connectivity index (χ4n) is 1.91. The van der Waals surface area contributed by atoms with Crippen LogP contribution in [0.3, 0.4) is 0 Å². The van der Waals surface area contributed by atoms with E-state index >= 15 is 0 Å². The highest BCUT2D eigenvalue weighted by molar-refractivity contribution is 6.34. The molecule has 0 radical (unpaired) electrons. The fourth-order valence-corrected chi connectivity index (χ4v) is 1.91. The summed E-state index contributed by atoms with van der Waals surface area (Å²) in [6, 6.07) is 0. The summed E-state index contributed by atoms with van der Waals surface area (Å²) in [5, 5.41) is 16.3. The topological polar surface area (TPSA) is 87.0 Å². The van der Waals surface area contributed by atoms with E-state index in [1.807, 2.05) is 0 Å². The van der Waals surface area contributed by atoms with Crippen LogP contribution in [0.15, 0.2) is 4.99 Å². The molecule has 0 amide bonds. The van der Waals surface area contributed by atoms with Crippen LogP contribution in [0, 0.1) is 0 Å². The van der Waals surface area contributed by atoms with Crippen LogP contribution >= 0.6 is 0 Å². The van der Waals surface area contributed by atoms with Gasteiger partial charge in [0.05, 0.1) is 0 Å². The minimum atomic E-state index is -0.901. The normalized spacial score (nSPS) is 10.8. The summed E-state index contributed by atoms with van der Waals surface area (Å²) < 4.78 is 0. The van der Waals surface area contributed by atoms with Crippen LogP contribution in [0.5, 0.6) is 0 Å². The molecule has 0 saturated heterocycles. The molecule has 0 rings (SSSR count). The maximum absolute atomic E-state index is 10.5. The molecular formula is C18H35NO4. The SMILES string of the molecule is CCC(=O)O.CCCCCCCCCCCCN=C(C)C(=O)O. The summed E-state index contributed by atoms with van der Waals surface area (Å²) >= 11 is 0. The lowest BCUT2D eigenvalue weighted by Gasteiger charge is -2.01. The summed E-state index contributed by atoms with van der Waals surface area (Å²) in [5.41, 5.74) is 0.228. The van der Waals surface area contributed by atoms with Gasteiger partial charge in [-0.15, -0.1) is 0 Å². The van der Waals surface area contributed by atoms with Crippen LogP contribution in [-0.4, -0.2) is 34.4 Å². The molecule has 136 valence electrons. The quantitative estimate of drug-likeness (QED) is 0.370.